The number of pyridine rings is 1. The number of rotatable bonds is 12. The molecule has 2 heterocycles. The van der Waals surface area contributed by atoms with Gasteiger partial charge >= 0.3 is 0 Å². The maximum atomic E-state index is 6.80. The van der Waals surface area contributed by atoms with Gasteiger partial charge in [-0.15, -0.1) is 22.0 Å². The first kappa shape index (κ1) is 28.9. The van der Waals surface area contributed by atoms with E-state index in [2.05, 4.69) is 111 Å². The van der Waals surface area contributed by atoms with Crippen LogP contribution in [0.25, 0.3) is 17.0 Å². The number of nitrogens with zero attached hydrogens (tertiary/aromatic N) is 3. The van der Waals surface area contributed by atoms with Crippen LogP contribution in [0.3, 0.4) is 0 Å². The Kier molecular flexibility index (Phi) is 9.76. The molecule has 8 heteroatoms. The zero-order valence-electron chi connectivity index (χ0n) is 23.3. The van der Waals surface area contributed by atoms with Crippen LogP contribution in [0.5, 0.6) is 0 Å². The smallest absolute Gasteiger partial charge is 0.200 e. The molecule has 0 saturated carbocycles. The normalized spacial score (nSPS) is 12.4. The van der Waals surface area contributed by atoms with Crippen molar-refractivity contribution >= 4 is 37.5 Å². The molecule has 2 N–H and O–H groups in total. The summed E-state index contributed by atoms with van der Waals surface area (Å²) in [6.45, 7) is 15.3. The van der Waals surface area contributed by atoms with Crippen molar-refractivity contribution in [3.05, 3.63) is 72.4 Å². The average Bonchev–Trinajstić information content (AvgIpc) is 3.31. The summed E-state index contributed by atoms with van der Waals surface area (Å²) in [6.07, 6.45) is 2.13. The van der Waals surface area contributed by atoms with Gasteiger partial charge in [0.25, 0.3) is 0 Å². The summed E-state index contributed by atoms with van der Waals surface area (Å²) >= 11 is 3.56. The van der Waals surface area contributed by atoms with Crippen LogP contribution < -0.4 is 5.73 Å². The van der Waals surface area contributed by atoms with Crippen LogP contribution in [0.1, 0.15) is 47.1 Å². The maximum absolute atomic E-state index is 6.80. The first-order chi connectivity index (χ1) is 18.3. The molecule has 0 aliphatic rings. The molecule has 0 fully saturated rings. The molecule has 0 amide bonds. The molecule has 0 saturated heterocycles. The summed E-state index contributed by atoms with van der Waals surface area (Å²) in [4.78, 5) is 3.49. The summed E-state index contributed by atoms with van der Waals surface area (Å²) in [6, 6.07) is 20.9. The lowest BCUT2D eigenvalue weighted by atomic mass is 10.2. The molecule has 0 aliphatic carbocycles. The predicted molar refractivity (Wildman–Crippen MR) is 165 cm³/mol. The fourth-order valence-electron chi connectivity index (χ4n) is 5.66. The maximum Gasteiger partial charge on any atom is 0.200 e. The summed E-state index contributed by atoms with van der Waals surface area (Å²) in [5.41, 5.74) is 10.8. The molecule has 0 atom stereocenters. The van der Waals surface area contributed by atoms with Gasteiger partial charge in [-0.25, -0.2) is 0 Å². The van der Waals surface area contributed by atoms with Gasteiger partial charge in [-0.05, 0) is 46.5 Å². The van der Waals surface area contributed by atoms with Crippen molar-refractivity contribution in [1.82, 2.24) is 14.6 Å². The fraction of sp³-hybridized carbons (Fsp3) is 0.400. The Morgan fingerprint density at radius 2 is 1.50 bits per heavy atom. The highest BCUT2D eigenvalue weighted by Crippen LogP contribution is 2.42. The number of benzene rings is 2. The number of aromatic nitrogens is 3. The average molecular weight is 565 g/mol. The van der Waals surface area contributed by atoms with Crippen LogP contribution in [0, 0.1) is 0 Å². The molecular formula is C30H40N4OS2Si. The molecule has 2 aromatic heterocycles. The van der Waals surface area contributed by atoms with E-state index in [0.29, 0.717) is 23.2 Å². The molecule has 0 unspecified atom stereocenters. The van der Waals surface area contributed by atoms with Crippen molar-refractivity contribution in [2.75, 3.05) is 12.4 Å². The van der Waals surface area contributed by atoms with E-state index in [4.69, 9.17) is 10.2 Å². The second kappa shape index (κ2) is 12.8. The zero-order chi connectivity index (χ0) is 27.3. The highest BCUT2D eigenvalue weighted by atomic mass is 32.2. The zero-order valence-corrected chi connectivity index (χ0v) is 26.0. The second-order valence-electron chi connectivity index (χ2n) is 10.5. The predicted octanol–water partition coefficient (Wildman–Crippen LogP) is 8.29. The number of nitrogens with two attached hydrogens (primary N) is 1. The molecule has 5 nitrogen and oxygen atoms in total. The quantitative estimate of drug-likeness (QED) is 0.106. The Labute approximate surface area is 237 Å². The van der Waals surface area contributed by atoms with Crippen LogP contribution in [0.2, 0.25) is 16.6 Å². The Morgan fingerprint density at radius 1 is 0.842 bits per heavy atom. The number of hydrogen-bond donors (Lipinski definition) is 1. The highest BCUT2D eigenvalue weighted by molar-refractivity contribution is 7.99. The molecule has 0 aliphatic heterocycles. The van der Waals surface area contributed by atoms with Gasteiger partial charge < -0.3 is 10.2 Å². The van der Waals surface area contributed by atoms with Crippen molar-refractivity contribution in [3.63, 3.8) is 0 Å². The molecule has 202 valence electrons. The molecule has 4 aromatic rings. The van der Waals surface area contributed by atoms with Crippen LogP contribution in [-0.2, 0) is 11.0 Å². The molecule has 4 rings (SSSR count). The van der Waals surface area contributed by atoms with Gasteiger partial charge in [0, 0.05) is 45.4 Å². The van der Waals surface area contributed by atoms with E-state index in [1.807, 2.05) is 23.9 Å². The standard InChI is InChI=1S/C30H40N4OS2Si/c1-21(2)38(22(3)4,23(5)6)35-17-18-36-28-14-10-8-12-26(28)30-33-32-29-16-15-25(20-34(29)30)37-27-13-9-7-11-24(27)19-31/h7-16,20-23H,17-19,31H2,1-6H3. The van der Waals surface area contributed by atoms with Crippen LogP contribution in [0.4, 0.5) is 0 Å². The topological polar surface area (TPSA) is 65.4 Å². The second-order valence-corrected chi connectivity index (χ2v) is 18.3. The number of hydrogen-bond acceptors (Lipinski definition) is 6. The van der Waals surface area contributed by atoms with Gasteiger partial charge in [0.15, 0.2) is 19.8 Å². The minimum atomic E-state index is -1.86. The minimum absolute atomic E-state index is 0.521. The largest absolute Gasteiger partial charge is 0.415 e. The first-order valence-electron chi connectivity index (χ1n) is 13.4. The number of thioether (sulfide) groups is 1. The van der Waals surface area contributed by atoms with Gasteiger partial charge in [-0.3, -0.25) is 4.40 Å². The summed E-state index contributed by atoms with van der Waals surface area (Å²) in [5.74, 6) is 1.76. The third-order valence-corrected chi connectivity index (χ3v) is 15.6. The molecule has 0 radical (unpaired) electrons. The van der Waals surface area contributed by atoms with Gasteiger partial charge in [0.1, 0.15) is 0 Å². The van der Waals surface area contributed by atoms with Gasteiger partial charge in [-0.2, -0.15) is 0 Å². The lowest BCUT2D eigenvalue weighted by Crippen LogP contribution is -2.48. The Morgan fingerprint density at radius 3 is 2.18 bits per heavy atom. The summed E-state index contributed by atoms with van der Waals surface area (Å²) < 4.78 is 8.90. The monoisotopic (exact) mass is 564 g/mol. The van der Waals surface area contributed by atoms with E-state index >= 15 is 0 Å². The Bertz CT molecular complexity index is 1330. The van der Waals surface area contributed by atoms with Crippen LogP contribution >= 0.6 is 23.5 Å². The van der Waals surface area contributed by atoms with Crippen molar-refractivity contribution in [1.29, 1.82) is 0 Å². The minimum Gasteiger partial charge on any atom is -0.415 e. The van der Waals surface area contributed by atoms with E-state index < -0.39 is 8.32 Å². The molecular weight excluding hydrogens is 525 g/mol. The van der Waals surface area contributed by atoms with Crippen LogP contribution in [-0.4, -0.2) is 35.3 Å². The Hall–Kier alpha value is -2.10. The van der Waals surface area contributed by atoms with Crippen molar-refractivity contribution in [2.24, 2.45) is 5.73 Å². The molecule has 2 aromatic carbocycles. The molecule has 38 heavy (non-hydrogen) atoms. The van der Waals surface area contributed by atoms with Gasteiger partial charge in [0.2, 0.25) is 0 Å². The SMILES string of the molecule is CC(C)[Si](OCCSc1ccccc1-c1nnc2ccc(Sc3ccccc3CN)cn12)(C(C)C)C(C)C. The third kappa shape index (κ3) is 6.05. The van der Waals surface area contributed by atoms with Crippen molar-refractivity contribution in [2.45, 2.75) is 79.4 Å². The van der Waals surface area contributed by atoms with Crippen molar-refractivity contribution < 1.29 is 4.43 Å². The van der Waals surface area contributed by atoms with E-state index in [-0.39, 0.29) is 0 Å². The van der Waals surface area contributed by atoms with Crippen LogP contribution in [0.15, 0.2) is 81.5 Å². The molecule has 0 spiro atoms. The first-order valence-corrected chi connectivity index (χ1v) is 17.4. The van der Waals surface area contributed by atoms with Crippen molar-refractivity contribution in [3.8, 4) is 11.4 Å². The third-order valence-electron chi connectivity index (χ3n) is 7.32. The summed E-state index contributed by atoms with van der Waals surface area (Å²) in [7, 11) is -1.86. The lowest BCUT2D eigenvalue weighted by Gasteiger charge is -2.42. The van der Waals surface area contributed by atoms with E-state index in [1.165, 1.54) is 9.79 Å². The lowest BCUT2D eigenvalue weighted by molar-refractivity contribution is 0.300. The fourth-order valence-corrected chi connectivity index (χ4v) is 13.1. The van der Waals surface area contributed by atoms with Gasteiger partial charge in [0.05, 0.1) is 0 Å². The highest BCUT2D eigenvalue weighted by Gasteiger charge is 2.44. The summed E-state index contributed by atoms with van der Waals surface area (Å²) in [5, 5.41) is 9.05. The van der Waals surface area contributed by atoms with E-state index in [9.17, 15) is 0 Å². The number of fused-ring (bicyclic) bond motifs is 1. The molecule has 0 bridgehead atoms. The van der Waals surface area contributed by atoms with Gasteiger partial charge in [-0.1, -0.05) is 89.7 Å². The Balaban J connectivity index is 1.55. The van der Waals surface area contributed by atoms with E-state index in [0.717, 1.165) is 39.9 Å². The van der Waals surface area contributed by atoms with E-state index in [1.54, 1.807) is 11.8 Å².